The number of hydrogen-bond acceptors (Lipinski definition) is 2. The predicted molar refractivity (Wildman–Crippen MR) is 75.0 cm³/mol. The van der Waals surface area contributed by atoms with E-state index < -0.39 is 0 Å². The standard InChI is InChI=1S/C14H14Cl2O2/c1-8(2)14(18)13(9(3)17)6-10-4-11(15)7-12(16)5-10/h4-8H,1-3H3. The fraction of sp³-hybridized carbons (Fsp3) is 0.286. The highest BCUT2D eigenvalue weighted by molar-refractivity contribution is 6.35. The van der Waals surface area contributed by atoms with Crippen molar-refractivity contribution in [1.82, 2.24) is 0 Å². The summed E-state index contributed by atoms with van der Waals surface area (Å²) in [6.45, 7) is 4.88. The second kappa shape index (κ2) is 6.17. The Kier molecular flexibility index (Phi) is 5.12. The lowest BCUT2D eigenvalue weighted by atomic mass is 9.96. The quantitative estimate of drug-likeness (QED) is 0.472. The Balaban J connectivity index is 3.24. The van der Waals surface area contributed by atoms with Crippen molar-refractivity contribution in [1.29, 1.82) is 0 Å². The molecule has 1 aromatic carbocycles. The first kappa shape index (κ1) is 14.9. The second-order valence-electron chi connectivity index (χ2n) is 4.34. The maximum atomic E-state index is 11.9. The maximum absolute atomic E-state index is 11.9. The summed E-state index contributed by atoms with van der Waals surface area (Å²) >= 11 is 11.7. The van der Waals surface area contributed by atoms with Gasteiger partial charge in [0.2, 0.25) is 0 Å². The van der Waals surface area contributed by atoms with Crippen LogP contribution in [0, 0.1) is 5.92 Å². The summed E-state index contributed by atoms with van der Waals surface area (Å²) in [7, 11) is 0. The zero-order valence-corrected chi connectivity index (χ0v) is 12.0. The van der Waals surface area contributed by atoms with Crippen LogP contribution in [0.1, 0.15) is 26.3 Å². The van der Waals surface area contributed by atoms with Gasteiger partial charge >= 0.3 is 0 Å². The molecule has 1 rings (SSSR count). The highest BCUT2D eigenvalue weighted by atomic mass is 35.5. The van der Waals surface area contributed by atoms with Crippen LogP contribution in [0.3, 0.4) is 0 Å². The molecule has 0 spiro atoms. The van der Waals surface area contributed by atoms with E-state index in [0.29, 0.717) is 15.6 Å². The van der Waals surface area contributed by atoms with E-state index in [1.165, 1.54) is 13.0 Å². The molecule has 1 aromatic rings. The number of hydrogen-bond donors (Lipinski definition) is 0. The first-order chi connectivity index (χ1) is 8.31. The third kappa shape index (κ3) is 3.97. The Morgan fingerprint density at radius 1 is 1.11 bits per heavy atom. The minimum absolute atomic E-state index is 0.170. The Bertz CT molecular complexity index is 496. The third-order valence-electron chi connectivity index (χ3n) is 2.37. The van der Waals surface area contributed by atoms with Crippen LogP contribution in [-0.2, 0) is 9.59 Å². The van der Waals surface area contributed by atoms with Gasteiger partial charge in [-0.05, 0) is 36.8 Å². The van der Waals surface area contributed by atoms with E-state index in [4.69, 9.17) is 23.2 Å². The van der Waals surface area contributed by atoms with Crippen molar-refractivity contribution in [3.8, 4) is 0 Å². The van der Waals surface area contributed by atoms with Crippen molar-refractivity contribution in [3.05, 3.63) is 39.4 Å². The van der Waals surface area contributed by atoms with Crippen molar-refractivity contribution in [2.45, 2.75) is 20.8 Å². The Morgan fingerprint density at radius 2 is 1.61 bits per heavy atom. The summed E-state index contributed by atoms with van der Waals surface area (Å²) in [5, 5.41) is 0.933. The average molecular weight is 285 g/mol. The lowest BCUT2D eigenvalue weighted by Gasteiger charge is -2.06. The summed E-state index contributed by atoms with van der Waals surface area (Å²) in [5.41, 5.74) is 0.815. The summed E-state index contributed by atoms with van der Waals surface area (Å²) in [5.74, 6) is -0.668. The lowest BCUT2D eigenvalue weighted by Crippen LogP contribution is -2.15. The van der Waals surface area contributed by atoms with Crippen molar-refractivity contribution in [3.63, 3.8) is 0 Å². The smallest absolute Gasteiger partial charge is 0.168 e. The number of carbonyl (C=O) groups excluding carboxylic acids is 2. The van der Waals surface area contributed by atoms with Crippen LogP contribution < -0.4 is 0 Å². The van der Waals surface area contributed by atoms with Gasteiger partial charge < -0.3 is 0 Å². The van der Waals surface area contributed by atoms with Crippen molar-refractivity contribution in [2.75, 3.05) is 0 Å². The molecular weight excluding hydrogens is 271 g/mol. The van der Waals surface area contributed by atoms with Crippen LogP contribution >= 0.6 is 23.2 Å². The molecule has 2 nitrogen and oxygen atoms in total. The monoisotopic (exact) mass is 284 g/mol. The van der Waals surface area contributed by atoms with E-state index >= 15 is 0 Å². The van der Waals surface area contributed by atoms with E-state index in [2.05, 4.69) is 0 Å². The van der Waals surface area contributed by atoms with E-state index in [9.17, 15) is 9.59 Å². The van der Waals surface area contributed by atoms with Crippen LogP contribution in [0.2, 0.25) is 10.0 Å². The fourth-order valence-corrected chi connectivity index (χ4v) is 2.03. The van der Waals surface area contributed by atoms with Crippen LogP contribution in [0.25, 0.3) is 6.08 Å². The molecule has 0 heterocycles. The Morgan fingerprint density at radius 3 is 2.00 bits per heavy atom. The molecule has 0 aromatic heterocycles. The zero-order chi connectivity index (χ0) is 13.9. The topological polar surface area (TPSA) is 34.1 Å². The first-order valence-corrected chi connectivity index (χ1v) is 6.29. The molecule has 0 N–H and O–H groups in total. The lowest BCUT2D eigenvalue weighted by molar-refractivity contribution is -0.122. The molecule has 4 heteroatoms. The second-order valence-corrected chi connectivity index (χ2v) is 5.21. The van der Waals surface area contributed by atoms with Gasteiger partial charge in [-0.1, -0.05) is 37.0 Å². The normalized spacial score (nSPS) is 11.8. The fourth-order valence-electron chi connectivity index (χ4n) is 1.48. The number of Topliss-reactive ketones (excluding diaryl/α,β-unsaturated/α-hetero) is 2. The van der Waals surface area contributed by atoms with Gasteiger partial charge in [0.15, 0.2) is 11.6 Å². The van der Waals surface area contributed by atoms with Gasteiger partial charge in [0.25, 0.3) is 0 Å². The van der Waals surface area contributed by atoms with Crippen LogP contribution in [0.15, 0.2) is 23.8 Å². The average Bonchev–Trinajstić information content (AvgIpc) is 2.23. The van der Waals surface area contributed by atoms with E-state index in [0.717, 1.165) is 0 Å². The van der Waals surface area contributed by atoms with Crippen LogP contribution in [0.5, 0.6) is 0 Å². The van der Waals surface area contributed by atoms with Gasteiger partial charge in [-0.15, -0.1) is 0 Å². The van der Waals surface area contributed by atoms with Crippen molar-refractivity contribution >= 4 is 40.8 Å². The van der Waals surface area contributed by atoms with Gasteiger partial charge in [-0.2, -0.15) is 0 Å². The predicted octanol–water partition coefficient (Wildman–Crippen LogP) is 4.19. The number of halogens is 2. The molecule has 0 aliphatic carbocycles. The zero-order valence-electron chi connectivity index (χ0n) is 10.5. The number of rotatable bonds is 4. The number of benzene rings is 1. The maximum Gasteiger partial charge on any atom is 0.168 e. The summed E-state index contributed by atoms with van der Waals surface area (Å²) in [6, 6.07) is 4.91. The van der Waals surface area contributed by atoms with Gasteiger partial charge in [-0.3, -0.25) is 9.59 Å². The Labute approximate surface area is 117 Å². The molecule has 0 unspecified atom stereocenters. The van der Waals surface area contributed by atoms with Crippen LogP contribution in [0.4, 0.5) is 0 Å². The van der Waals surface area contributed by atoms with Gasteiger partial charge in [0.1, 0.15) is 0 Å². The minimum atomic E-state index is -0.259. The van der Waals surface area contributed by atoms with Crippen LogP contribution in [-0.4, -0.2) is 11.6 Å². The summed E-state index contributed by atoms with van der Waals surface area (Å²) < 4.78 is 0. The minimum Gasteiger partial charge on any atom is -0.294 e. The number of carbonyl (C=O) groups is 2. The molecule has 0 amide bonds. The van der Waals surface area contributed by atoms with Gasteiger partial charge in [0, 0.05) is 16.0 Å². The first-order valence-electron chi connectivity index (χ1n) is 5.54. The van der Waals surface area contributed by atoms with Crippen molar-refractivity contribution < 1.29 is 9.59 Å². The van der Waals surface area contributed by atoms with E-state index in [-0.39, 0.29) is 23.1 Å². The molecule has 0 saturated carbocycles. The molecule has 0 saturated heterocycles. The molecule has 0 fully saturated rings. The van der Waals surface area contributed by atoms with Crippen molar-refractivity contribution in [2.24, 2.45) is 5.92 Å². The summed E-state index contributed by atoms with van der Waals surface area (Å²) in [6.07, 6.45) is 1.53. The Hall–Kier alpha value is -1.12. The molecule has 96 valence electrons. The van der Waals surface area contributed by atoms with E-state index in [1.54, 1.807) is 32.0 Å². The third-order valence-corrected chi connectivity index (χ3v) is 2.80. The van der Waals surface area contributed by atoms with Gasteiger partial charge in [-0.25, -0.2) is 0 Å². The van der Waals surface area contributed by atoms with E-state index in [1.807, 2.05) is 0 Å². The molecule has 0 bridgehead atoms. The van der Waals surface area contributed by atoms with Gasteiger partial charge in [0.05, 0.1) is 5.57 Å². The molecule has 0 aliphatic heterocycles. The molecule has 0 aliphatic rings. The molecule has 0 atom stereocenters. The summed E-state index contributed by atoms with van der Waals surface area (Å²) in [4.78, 5) is 23.4. The SMILES string of the molecule is CC(=O)C(=Cc1cc(Cl)cc(Cl)c1)C(=O)C(C)C. The largest absolute Gasteiger partial charge is 0.294 e. The number of ketones is 2. The number of allylic oxidation sites excluding steroid dienone is 1. The molecular formula is C14H14Cl2O2. The highest BCUT2D eigenvalue weighted by Gasteiger charge is 2.17. The highest BCUT2D eigenvalue weighted by Crippen LogP contribution is 2.22. The molecule has 0 radical (unpaired) electrons. The molecule has 18 heavy (non-hydrogen) atoms.